The van der Waals surface area contributed by atoms with Crippen LogP contribution in [0.5, 0.6) is 0 Å². The fourth-order valence-corrected chi connectivity index (χ4v) is 2.64. The molecule has 0 aromatic rings. The molecule has 1 fully saturated rings. The number of nitrogens with two attached hydrogens (primary N) is 1. The second-order valence-electron chi connectivity index (χ2n) is 5.60. The van der Waals surface area contributed by atoms with Crippen LogP contribution in [0, 0.1) is 0 Å². The third kappa shape index (κ3) is 4.81. The SMILES string of the molecule is CCN(CCCN(C)C)CC1(N)CCCC1. The standard InChI is InChI=1S/C13H29N3/c1-4-16(11-7-10-15(2)3)12-13(14)8-5-6-9-13/h4-12,14H2,1-3H3. The Bertz CT molecular complexity index is 186. The van der Waals surface area contributed by atoms with E-state index >= 15 is 0 Å². The minimum Gasteiger partial charge on any atom is -0.324 e. The Balaban J connectivity index is 2.25. The monoisotopic (exact) mass is 227 g/mol. The van der Waals surface area contributed by atoms with Crippen LogP contribution in [-0.4, -0.2) is 55.6 Å². The van der Waals surface area contributed by atoms with Gasteiger partial charge in [0.2, 0.25) is 0 Å². The van der Waals surface area contributed by atoms with Crippen LogP contribution in [0.15, 0.2) is 0 Å². The van der Waals surface area contributed by atoms with Gasteiger partial charge in [0.15, 0.2) is 0 Å². The van der Waals surface area contributed by atoms with Crippen LogP contribution in [0.2, 0.25) is 0 Å². The molecule has 1 saturated carbocycles. The van der Waals surface area contributed by atoms with E-state index in [0.717, 1.165) is 13.1 Å². The largest absolute Gasteiger partial charge is 0.324 e. The molecule has 1 rings (SSSR count). The number of likely N-dealkylation sites (N-methyl/N-ethyl adjacent to an activating group) is 1. The van der Waals surface area contributed by atoms with Crippen molar-refractivity contribution in [3.05, 3.63) is 0 Å². The first kappa shape index (κ1) is 13.9. The maximum Gasteiger partial charge on any atom is 0.0283 e. The maximum absolute atomic E-state index is 6.41. The lowest BCUT2D eigenvalue weighted by Crippen LogP contribution is -2.48. The zero-order valence-corrected chi connectivity index (χ0v) is 11.3. The van der Waals surface area contributed by atoms with Gasteiger partial charge in [-0.25, -0.2) is 0 Å². The molecular weight excluding hydrogens is 198 g/mol. The normalized spacial score (nSPS) is 19.9. The van der Waals surface area contributed by atoms with E-state index in [0.29, 0.717) is 0 Å². The molecule has 3 nitrogen and oxygen atoms in total. The predicted octanol–water partition coefficient (Wildman–Crippen LogP) is 1.53. The van der Waals surface area contributed by atoms with Gasteiger partial charge in [-0.3, -0.25) is 0 Å². The van der Waals surface area contributed by atoms with Gasteiger partial charge < -0.3 is 15.5 Å². The topological polar surface area (TPSA) is 32.5 Å². The maximum atomic E-state index is 6.41. The average Bonchev–Trinajstić information content (AvgIpc) is 2.63. The van der Waals surface area contributed by atoms with Crippen molar-refractivity contribution in [1.82, 2.24) is 9.80 Å². The second kappa shape index (κ2) is 6.58. The Kier molecular flexibility index (Phi) is 5.73. The van der Waals surface area contributed by atoms with Crippen LogP contribution in [-0.2, 0) is 0 Å². The number of nitrogens with zero attached hydrogens (tertiary/aromatic N) is 2. The Hall–Kier alpha value is -0.120. The molecule has 1 aliphatic carbocycles. The lowest BCUT2D eigenvalue weighted by Gasteiger charge is -2.31. The highest BCUT2D eigenvalue weighted by Crippen LogP contribution is 2.27. The van der Waals surface area contributed by atoms with Gasteiger partial charge in [-0.2, -0.15) is 0 Å². The van der Waals surface area contributed by atoms with E-state index in [1.54, 1.807) is 0 Å². The van der Waals surface area contributed by atoms with Crippen molar-refractivity contribution in [2.75, 3.05) is 40.3 Å². The highest BCUT2D eigenvalue weighted by Gasteiger charge is 2.30. The molecule has 0 saturated heterocycles. The summed E-state index contributed by atoms with van der Waals surface area (Å²) in [5.41, 5.74) is 6.53. The summed E-state index contributed by atoms with van der Waals surface area (Å²) in [6.45, 7) is 6.83. The van der Waals surface area contributed by atoms with E-state index in [-0.39, 0.29) is 5.54 Å². The molecule has 0 spiro atoms. The Morgan fingerprint density at radius 2 is 1.75 bits per heavy atom. The van der Waals surface area contributed by atoms with E-state index in [1.165, 1.54) is 45.2 Å². The van der Waals surface area contributed by atoms with Crippen LogP contribution in [0.25, 0.3) is 0 Å². The van der Waals surface area contributed by atoms with E-state index in [1.807, 2.05) is 0 Å². The van der Waals surface area contributed by atoms with Gasteiger partial charge >= 0.3 is 0 Å². The van der Waals surface area contributed by atoms with Crippen LogP contribution in [0.3, 0.4) is 0 Å². The summed E-state index contributed by atoms with van der Waals surface area (Å²) in [7, 11) is 4.27. The van der Waals surface area contributed by atoms with Gasteiger partial charge in [-0.15, -0.1) is 0 Å². The predicted molar refractivity (Wildman–Crippen MR) is 70.7 cm³/mol. The molecule has 0 radical (unpaired) electrons. The van der Waals surface area contributed by atoms with Gasteiger partial charge in [0.05, 0.1) is 0 Å². The molecular formula is C13H29N3. The molecule has 0 atom stereocenters. The summed E-state index contributed by atoms with van der Waals surface area (Å²) < 4.78 is 0. The van der Waals surface area contributed by atoms with Crippen LogP contribution >= 0.6 is 0 Å². The smallest absolute Gasteiger partial charge is 0.0283 e. The van der Waals surface area contributed by atoms with Crippen molar-refractivity contribution >= 4 is 0 Å². The van der Waals surface area contributed by atoms with Crippen molar-refractivity contribution in [2.24, 2.45) is 5.73 Å². The Labute approximate surface area is 101 Å². The number of rotatable bonds is 7. The second-order valence-corrected chi connectivity index (χ2v) is 5.60. The molecule has 2 N–H and O–H groups in total. The molecule has 16 heavy (non-hydrogen) atoms. The van der Waals surface area contributed by atoms with Crippen molar-refractivity contribution in [1.29, 1.82) is 0 Å². The summed E-state index contributed by atoms with van der Waals surface area (Å²) in [5, 5.41) is 0. The molecule has 96 valence electrons. The number of hydrogen-bond acceptors (Lipinski definition) is 3. The summed E-state index contributed by atoms with van der Waals surface area (Å²) >= 11 is 0. The lowest BCUT2D eigenvalue weighted by molar-refractivity contribution is 0.208. The Morgan fingerprint density at radius 1 is 1.12 bits per heavy atom. The lowest BCUT2D eigenvalue weighted by atomic mass is 9.98. The van der Waals surface area contributed by atoms with E-state index in [4.69, 9.17) is 5.73 Å². The van der Waals surface area contributed by atoms with Gasteiger partial charge in [0.1, 0.15) is 0 Å². The zero-order valence-electron chi connectivity index (χ0n) is 11.3. The quantitative estimate of drug-likeness (QED) is 0.716. The summed E-state index contributed by atoms with van der Waals surface area (Å²) in [6.07, 6.45) is 6.34. The molecule has 3 heteroatoms. The molecule has 0 heterocycles. The van der Waals surface area contributed by atoms with Gasteiger partial charge in [0.25, 0.3) is 0 Å². The fraction of sp³-hybridized carbons (Fsp3) is 1.00. The summed E-state index contributed by atoms with van der Waals surface area (Å²) in [6, 6.07) is 0. The third-order valence-corrected chi connectivity index (χ3v) is 3.66. The first-order chi connectivity index (χ1) is 7.56. The highest BCUT2D eigenvalue weighted by atomic mass is 15.1. The van der Waals surface area contributed by atoms with Crippen molar-refractivity contribution < 1.29 is 0 Å². The average molecular weight is 227 g/mol. The molecule has 0 aromatic carbocycles. The van der Waals surface area contributed by atoms with E-state index in [2.05, 4.69) is 30.8 Å². The summed E-state index contributed by atoms with van der Waals surface area (Å²) in [5.74, 6) is 0. The number of hydrogen-bond donors (Lipinski definition) is 1. The molecule has 0 unspecified atom stereocenters. The van der Waals surface area contributed by atoms with Crippen LogP contribution in [0.4, 0.5) is 0 Å². The molecule has 0 aliphatic heterocycles. The first-order valence-corrected chi connectivity index (χ1v) is 6.72. The fourth-order valence-electron chi connectivity index (χ4n) is 2.64. The molecule has 0 bridgehead atoms. The van der Waals surface area contributed by atoms with Crippen molar-refractivity contribution in [3.8, 4) is 0 Å². The van der Waals surface area contributed by atoms with Gasteiger partial charge in [0, 0.05) is 12.1 Å². The Morgan fingerprint density at radius 3 is 2.25 bits per heavy atom. The van der Waals surface area contributed by atoms with Crippen molar-refractivity contribution in [2.45, 2.75) is 44.6 Å². The molecule has 0 aromatic heterocycles. The van der Waals surface area contributed by atoms with E-state index < -0.39 is 0 Å². The summed E-state index contributed by atoms with van der Waals surface area (Å²) in [4.78, 5) is 4.77. The zero-order chi connectivity index (χ0) is 12.0. The van der Waals surface area contributed by atoms with Gasteiger partial charge in [-0.1, -0.05) is 19.8 Å². The minimum atomic E-state index is 0.119. The van der Waals surface area contributed by atoms with Crippen LogP contribution in [0.1, 0.15) is 39.0 Å². The molecule has 0 amide bonds. The van der Waals surface area contributed by atoms with Crippen LogP contribution < -0.4 is 5.73 Å². The van der Waals surface area contributed by atoms with E-state index in [9.17, 15) is 0 Å². The minimum absolute atomic E-state index is 0.119. The molecule has 1 aliphatic rings. The van der Waals surface area contributed by atoms with Gasteiger partial charge in [-0.05, 0) is 53.0 Å². The highest BCUT2D eigenvalue weighted by molar-refractivity contribution is 4.91. The third-order valence-electron chi connectivity index (χ3n) is 3.66. The van der Waals surface area contributed by atoms with Crippen molar-refractivity contribution in [3.63, 3.8) is 0 Å². The first-order valence-electron chi connectivity index (χ1n) is 6.72.